The summed E-state index contributed by atoms with van der Waals surface area (Å²) in [5, 5.41) is 4.14. The highest BCUT2D eigenvalue weighted by Gasteiger charge is 2.27. The van der Waals surface area contributed by atoms with Crippen molar-refractivity contribution < 1.29 is 4.74 Å². The lowest BCUT2D eigenvalue weighted by Crippen LogP contribution is -2.00. The summed E-state index contributed by atoms with van der Waals surface area (Å²) in [6.45, 7) is 2.83. The lowest BCUT2D eigenvalue weighted by atomic mass is 10.4. The fourth-order valence-electron chi connectivity index (χ4n) is 1.73. The summed E-state index contributed by atoms with van der Waals surface area (Å²) in [5.74, 6) is 2.84. The number of nitrogen functional groups attached to an aromatic ring is 1. The molecule has 0 spiro atoms. The quantitative estimate of drug-likeness (QED) is 0.890. The van der Waals surface area contributed by atoms with E-state index in [1.807, 2.05) is 13.1 Å². The van der Waals surface area contributed by atoms with Gasteiger partial charge in [-0.2, -0.15) is 10.1 Å². The van der Waals surface area contributed by atoms with E-state index in [0.717, 1.165) is 25.2 Å². The standard InChI is InChI=1S/C12H15N5O/c1-2-17-7-9(6-14-17)18-11-5-10(13)15-12(16-11)8-3-4-8/h5-8H,2-4H2,1H3,(H2,13,15,16). The van der Waals surface area contributed by atoms with Crippen LogP contribution in [0.5, 0.6) is 11.6 Å². The largest absolute Gasteiger partial charge is 0.436 e. The molecular formula is C12H15N5O. The molecule has 0 aliphatic heterocycles. The van der Waals surface area contributed by atoms with Crippen molar-refractivity contribution >= 4 is 5.82 Å². The van der Waals surface area contributed by atoms with Crippen molar-refractivity contribution in [3.8, 4) is 11.6 Å². The zero-order valence-corrected chi connectivity index (χ0v) is 10.2. The van der Waals surface area contributed by atoms with Crippen LogP contribution in [-0.4, -0.2) is 19.7 Å². The maximum absolute atomic E-state index is 5.76. The Balaban J connectivity index is 1.82. The molecule has 1 aliphatic carbocycles. The smallest absolute Gasteiger partial charge is 0.224 e. The van der Waals surface area contributed by atoms with Crippen molar-refractivity contribution in [2.75, 3.05) is 5.73 Å². The van der Waals surface area contributed by atoms with Crippen LogP contribution >= 0.6 is 0 Å². The van der Waals surface area contributed by atoms with Gasteiger partial charge in [0.25, 0.3) is 0 Å². The minimum Gasteiger partial charge on any atom is -0.436 e. The molecule has 1 aliphatic rings. The number of anilines is 1. The molecule has 0 bridgehead atoms. The van der Waals surface area contributed by atoms with Crippen molar-refractivity contribution in [3.05, 3.63) is 24.3 Å². The predicted molar refractivity (Wildman–Crippen MR) is 66.4 cm³/mol. The van der Waals surface area contributed by atoms with Crippen molar-refractivity contribution in [2.24, 2.45) is 0 Å². The van der Waals surface area contributed by atoms with Crippen LogP contribution in [0.2, 0.25) is 0 Å². The van der Waals surface area contributed by atoms with Gasteiger partial charge in [-0.1, -0.05) is 0 Å². The van der Waals surface area contributed by atoms with Gasteiger partial charge in [0.2, 0.25) is 5.88 Å². The second-order valence-corrected chi connectivity index (χ2v) is 4.40. The third-order valence-electron chi connectivity index (χ3n) is 2.84. The minimum atomic E-state index is 0.449. The van der Waals surface area contributed by atoms with Crippen molar-refractivity contribution in [1.29, 1.82) is 0 Å². The summed E-state index contributed by atoms with van der Waals surface area (Å²) in [5.41, 5.74) is 5.76. The topological polar surface area (TPSA) is 78.9 Å². The van der Waals surface area contributed by atoms with E-state index in [9.17, 15) is 0 Å². The summed E-state index contributed by atoms with van der Waals surface area (Å²) >= 11 is 0. The van der Waals surface area contributed by atoms with Gasteiger partial charge in [0, 0.05) is 18.5 Å². The number of hydrogen-bond acceptors (Lipinski definition) is 5. The first kappa shape index (κ1) is 11.0. The highest BCUT2D eigenvalue weighted by Crippen LogP contribution is 2.39. The maximum atomic E-state index is 5.76. The minimum absolute atomic E-state index is 0.449. The highest BCUT2D eigenvalue weighted by molar-refractivity contribution is 5.36. The van der Waals surface area contributed by atoms with E-state index < -0.39 is 0 Å². The summed E-state index contributed by atoms with van der Waals surface area (Å²) in [6, 6.07) is 1.63. The molecule has 6 heteroatoms. The van der Waals surface area contributed by atoms with Gasteiger partial charge in [0.05, 0.1) is 12.4 Å². The van der Waals surface area contributed by atoms with Gasteiger partial charge < -0.3 is 10.5 Å². The Morgan fingerprint density at radius 3 is 2.94 bits per heavy atom. The third kappa shape index (κ3) is 2.27. The van der Waals surface area contributed by atoms with Crippen molar-refractivity contribution in [1.82, 2.24) is 19.7 Å². The van der Waals surface area contributed by atoms with Crippen LogP contribution in [-0.2, 0) is 6.54 Å². The first-order valence-electron chi connectivity index (χ1n) is 6.09. The van der Waals surface area contributed by atoms with Gasteiger partial charge in [-0.05, 0) is 19.8 Å². The molecule has 2 N–H and O–H groups in total. The number of aryl methyl sites for hydroxylation is 1. The van der Waals surface area contributed by atoms with Crippen LogP contribution in [0.3, 0.4) is 0 Å². The molecule has 0 saturated heterocycles. The number of nitrogens with two attached hydrogens (primary N) is 1. The van der Waals surface area contributed by atoms with Crippen LogP contribution in [0.4, 0.5) is 5.82 Å². The highest BCUT2D eigenvalue weighted by atomic mass is 16.5. The Hall–Kier alpha value is -2.11. The Kier molecular flexibility index (Phi) is 2.62. The molecule has 0 amide bonds. The van der Waals surface area contributed by atoms with E-state index in [2.05, 4.69) is 15.1 Å². The zero-order valence-electron chi connectivity index (χ0n) is 10.2. The SMILES string of the molecule is CCn1cc(Oc2cc(N)nc(C3CC3)n2)cn1. The number of nitrogens with zero attached hydrogens (tertiary/aromatic N) is 4. The molecule has 3 rings (SSSR count). The molecule has 0 unspecified atom stereocenters. The predicted octanol–water partition coefficient (Wildman–Crippen LogP) is 1.94. The van der Waals surface area contributed by atoms with E-state index in [0.29, 0.717) is 23.4 Å². The van der Waals surface area contributed by atoms with Crippen molar-refractivity contribution in [3.63, 3.8) is 0 Å². The average Bonchev–Trinajstić information content (AvgIpc) is 3.10. The van der Waals surface area contributed by atoms with E-state index in [1.54, 1.807) is 16.9 Å². The second kappa shape index (κ2) is 4.29. The normalized spacial score (nSPS) is 14.7. The van der Waals surface area contributed by atoms with Gasteiger partial charge >= 0.3 is 0 Å². The third-order valence-corrected chi connectivity index (χ3v) is 2.84. The van der Waals surface area contributed by atoms with Crippen LogP contribution in [0.25, 0.3) is 0 Å². The summed E-state index contributed by atoms with van der Waals surface area (Å²) in [7, 11) is 0. The molecule has 2 aromatic heterocycles. The van der Waals surface area contributed by atoms with E-state index in [4.69, 9.17) is 10.5 Å². The van der Waals surface area contributed by atoms with Crippen LogP contribution < -0.4 is 10.5 Å². The molecule has 18 heavy (non-hydrogen) atoms. The Bertz CT molecular complexity index is 561. The lowest BCUT2D eigenvalue weighted by molar-refractivity contribution is 0.458. The molecule has 2 aromatic rings. The van der Waals surface area contributed by atoms with E-state index in [-0.39, 0.29) is 0 Å². The summed E-state index contributed by atoms with van der Waals surface area (Å²) in [6.07, 6.45) is 5.76. The molecule has 0 aromatic carbocycles. The first-order chi connectivity index (χ1) is 8.74. The molecule has 1 fully saturated rings. The van der Waals surface area contributed by atoms with Gasteiger partial charge in [0.15, 0.2) is 5.75 Å². The molecule has 1 saturated carbocycles. The lowest BCUT2D eigenvalue weighted by Gasteiger charge is -2.05. The molecule has 6 nitrogen and oxygen atoms in total. The molecule has 94 valence electrons. The molecule has 0 radical (unpaired) electrons. The van der Waals surface area contributed by atoms with Crippen LogP contribution in [0.1, 0.15) is 31.5 Å². The Morgan fingerprint density at radius 1 is 1.44 bits per heavy atom. The fourth-order valence-corrected chi connectivity index (χ4v) is 1.73. The number of rotatable bonds is 4. The molecule has 0 atom stereocenters. The Morgan fingerprint density at radius 2 is 2.28 bits per heavy atom. The molecular weight excluding hydrogens is 230 g/mol. The maximum Gasteiger partial charge on any atom is 0.224 e. The van der Waals surface area contributed by atoms with E-state index in [1.165, 1.54) is 0 Å². The second-order valence-electron chi connectivity index (χ2n) is 4.40. The molecule has 2 heterocycles. The van der Waals surface area contributed by atoms with Crippen molar-refractivity contribution in [2.45, 2.75) is 32.2 Å². The number of ether oxygens (including phenoxy) is 1. The zero-order chi connectivity index (χ0) is 12.5. The van der Waals surface area contributed by atoms with Gasteiger partial charge in [-0.3, -0.25) is 4.68 Å². The summed E-state index contributed by atoms with van der Waals surface area (Å²) < 4.78 is 7.44. The van der Waals surface area contributed by atoms with Crippen LogP contribution in [0.15, 0.2) is 18.5 Å². The van der Waals surface area contributed by atoms with Gasteiger partial charge in [-0.15, -0.1) is 0 Å². The average molecular weight is 245 g/mol. The fraction of sp³-hybridized carbons (Fsp3) is 0.417. The monoisotopic (exact) mass is 245 g/mol. The first-order valence-corrected chi connectivity index (χ1v) is 6.09. The van der Waals surface area contributed by atoms with Crippen LogP contribution in [0, 0.1) is 0 Å². The number of aromatic nitrogens is 4. The Labute approximate surface area is 105 Å². The van der Waals surface area contributed by atoms with Gasteiger partial charge in [0.1, 0.15) is 11.6 Å². The van der Waals surface area contributed by atoms with E-state index >= 15 is 0 Å². The summed E-state index contributed by atoms with van der Waals surface area (Å²) in [4.78, 5) is 8.60. The van der Waals surface area contributed by atoms with Gasteiger partial charge in [-0.25, -0.2) is 4.98 Å². The number of hydrogen-bond donors (Lipinski definition) is 1.